The average Bonchev–Trinajstić information content (AvgIpc) is 3.39. The van der Waals surface area contributed by atoms with Gasteiger partial charge in [0.15, 0.2) is 5.54 Å². The van der Waals surface area contributed by atoms with Crippen molar-refractivity contribution in [3.05, 3.63) is 106 Å². The number of aliphatic hydroxyl groups is 1. The number of rotatable bonds is 13. The van der Waals surface area contributed by atoms with Gasteiger partial charge >= 0.3 is 0 Å². The van der Waals surface area contributed by atoms with Crippen LogP contribution in [0.2, 0.25) is 0 Å². The molecule has 3 aromatic rings. The van der Waals surface area contributed by atoms with E-state index in [0.717, 1.165) is 22.0 Å². The van der Waals surface area contributed by atoms with E-state index in [0.29, 0.717) is 37.6 Å². The Labute approximate surface area is 231 Å². The summed E-state index contributed by atoms with van der Waals surface area (Å²) in [6.45, 7) is 1.25. The van der Waals surface area contributed by atoms with Crippen LogP contribution in [0.4, 0.5) is 0 Å². The molecule has 0 saturated heterocycles. The smallest absolute Gasteiger partial charge is 0.266 e. The Morgan fingerprint density at radius 3 is 2.58 bits per heavy atom. The molecule has 1 heterocycles. The van der Waals surface area contributed by atoms with E-state index in [2.05, 4.69) is 26.8 Å². The van der Waals surface area contributed by atoms with E-state index < -0.39 is 5.54 Å². The van der Waals surface area contributed by atoms with Gasteiger partial charge in [-0.1, -0.05) is 70.5 Å². The average molecular weight is 579 g/mol. The van der Waals surface area contributed by atoms with Crippen LogP contribution in [0.1, 0.15) is 29.5 Å². The Morgan fingerprint density at radius 2 is 1.84 bits per heavy atom. The predicted octanol–water partition coefficient (Wildman–Crippen LogP) is 4.69. The van der Waals surface area contributed by atoms with Gasteiger partial charge < -0.3 is 14.6 Å². The molecule has 0 fully saturated rings. The minimum atomic E-state index is -1.10. The molecule has 0 aliphatic carbocycles. The SMILES string of the molecule is O=C(NNCCc1ccc(Br)cc1)[C@]1(C/C=C/c2ccccc2)COC(c2ccc(OCCCO)cc2)=N1. The molecule has 0 unspecified atom stereocenters. The standard InChI is InChI=1S/C30H32BrN3O4/c31-26-13-9-24(10-14-26)17-19-32-34-29(36)30(18-4-8-23-6-2-1-3-7-23)22-38-28(33-30)25-11-15-27(16-12-25)37-21-5-20-35/h1-4,6-16,32,35H,5,17-22H2,(H,34,36)/b8-4+/t30-/m0/s1. The highest BCUT2D eigenvalue weighted by Crippen LogP contribution is 2.27. The lowest BCUT2D eigenvalue weighted by Crippen LogP contribution is -2.51. The van der Waals surface area contributed by atoms with Crippen LogP contribution >= 0.6 is 15.9 Å². The predicted molar refractivity (Wildman–Crippen MR) is 153 cm³/mol. The Kier molecular flexibility index (Phi) is 10.1. The third-order valence-electron chi connectivity index (χ3n) is 6.08. The first-order valence-electron chi connectivity index (χ1n) is 12.6. The number of hydrazine groups is 1. The Morgan fingerprint density at radius 1 is 1.08 bits per heavy atom. The summed E-state index contributed by atoms with van der Waals surface area (Å²) in [5, 5.41) is 8.93. The Hall–Kier alpha value is -3.46. The zero-order valence-electron chi connectivity index (χ0n) is 21.1. The van der Waals surface area contributed by atoms with Crippen LogP contribution in [0, 0.1) is 0 Å². The van der Waals surface area contributed by atoms with Gasteiger partial charge in [0.2, 0.25) is 5.90 Å². The number of halogens is 1. The largest absolute Gasteiger partial charge is 0.494 e. The van der Waals surface area contributed by atoms with Crippen molar-refractivity contribution in [3.8, 4) is 5.75 Å². The molecule has 0 aromatic heterocycles. The van der Waals surface area contributed by atoms with Crippen LogP contribution in [-0.2, 0) is 16.0 Å². The lowest BCUT2D eigenvalue weighted by Gasteiger charge is -2.22. The number of amides is 1. The number of nitrogens with zero attached hydrogens (tertiary/aromatic N) is 1. The summed E-state index contributed by atoms with van der Waals surface area (Å²) in [6, 6.07) is 25.4. The molecule has 8 heteroatoms. The summed E-state index contributed by atoms with van der Waals surface area (Å²) in [7, 11) is 0. The van der Waals surface area contributed by atoms with Gasteiger partial charge in [0.1, 0.15) is 12.4 Å². The number of aliphatic hydroxyl groups excluding tert-OH is 1. The van der Waals surface area contributed by atoms with Crippen molar-refractivity contribution in [2.45, 2.75) is 24.8 Å². The highest BCUT2D eigenvalue weighted by molar-refractivity contribution is 9.10. The van der Waals surface area contributed by atoms with Gasteiger partial charge in [-0.2, -0.15) is 0 Å². The van der Waals surface area contributed by atoms with Crippen LogP contribution in [0.15, 0.2) is 94.4 Å². The van der Waals surface area contributed by atoms with Gasteiger partial charge in [0.05, 0.1) is 6.61 Å². The van der Waals surface area contributed by atoms with Crippen molar-refractivity contribution in [1.82, 2.24) is 10.9 Å². The van der Waals surface area contributed by atoms with E-state index in [9.17, 15) is 4.79 Å². The molecule has 1 amide bonds. The first-order valence-corrected chi connectivity index (χ1v) is 13.4. The van der Waals surface area contributed by atoms with Crippen molar-refractivity contribution >= 4 is 33.8 Å². The maximum Gasteiger partial charge on any atom is 0.266 e. The fourth-order valence-corrected chi connectivity index (χ4v) is 4.19. The molecule has 0 bridgehead atoms. The second kappa shape index (κ2) is 13.9. The topological polar surface area (TPSA) is 92.2 Å². The van der Waals surface area contributed by atoms with E-state index in [4.69, 9.17) is 19.6 Å². The Balaban J connectivity index is 1.44. The molecule has 0 spiro atoms. The van der Waals surface area contributed by atoms with Crippen LogP contribution < -0.4 is 15.6 Å². The molecule has 1 atom stereocenters. The van der Waals surface area contributed by atoms with Crippen LogP contribution in [0.25, 0.3) is 6.08 Å². The number of aliphatic imine (C=N–C) groups is 1. The third kappa shape index (κ3) is 7.77. The van der Waals surface area contributed by atoms with Crippen LogP contribution in [0.3, 0.4) is 0 Å². The molecule has 7 nitrogen and oxygen atoms in total. The van der Waals surface area contributed by atoms with Crippen LogP contribution in [0.5, 0.6) is 5.75 Å². The molecule has 3 N–H and O–H groups in total. The molecule has 198 valence electrons. The van der Waals surface area contributed by atoms with E-state index in [1.165, 1.54) is 5.56 Å². The highest BCUT2D eigenvalue weighted by Gasteiger charge is 2.43. The summed E-state index contributed by atoms with van der Waals surface area (Å²) < 4.78 is 12.6. The summed E-state index contributed by atoms with van der Waals surface area (Å²) in [6.07, 6.45) is 5.68. The highest BCUT2D eigenvalue weighted by atomic mass is 79.9. The summed E-state index contributed by atoms with van der Waals surface area (Å²) in [5.74, 6) is 0.876. The summed E-state index contributed by atoms with van der Waals surface area (Å²) >= 11 is 3.45. The van der Waals surface area contributed by atoms with E-state index in [-0.39, 0.29) is 19.1 Å². The fourth-order valence-electron chi connectivity index (χ4n) is 3.93. The second-order valence-electron chi connectivity index (χ2n) is 8.96. The lowest BCUT2D eigenvalue weighted by atomic mass is 9.95. The fraction of sp³-hybridized carbons (Fsp3) is 0.267. The molecule has 0 saturated carbocycles. The van der Waals surface area contributed by atoms with Crippen LogP contribution in [-0.4, -0.2) is 48.8 Å². The number of carbonyl (C=O) groups is 1. The van der Waals surface area contributed by atoms with Gasteiger partial charge in [-0.15, -0.1) is 0 Å². The number of hydrogen-bond donors (Lipinski definition) is 3. The van der Waals surface area contributed by atoms with Crippen molar-refractivity contribution in [3.63, 3.8) is 0 Å². The van der Waals surface area contributed by atoms with Crippen molar-refractivity contribution in [2.24, 2.45) is 4.99 Å². The third-order valence-corrected chi connectivity index (χ3v) is 6.61. The maximum atomic E-state index is 13.4. The van der Waals surface area contributed by atoms with E-state index in [1.54, 1.807) is 0 Å². The molecule has 4 rings (SSSR count). The number of carbonyl (C=O) groups excluding carboxylic acids is 1. The quantitative estimate of drug-likeness (QED) is 0.202. The zero-order valence-corrected chi connectivity index (χ0v) is 22.7. The summed E-state index contributed by atoms with van der Waals surface area (Å²) in [5.41, 5.74) is 7.79. The zero-order chi connectivity index (χ0) is 26.6. The van der Waals surface area contributed by atoms with E-state index >= 15 is 0 Å². The van der Waals surface area contributed by atoms with Gasteiger partial charge in [-0.05, 0) is 53.9 Å². The van der Waals surface area contributed by atoms with Crippen molar-refractivity contribution < 1.29 is 19.4 Å². The first kappa shape index (κ1) is 27.6. The van der Waals surface area contributed by atoms with Gasteiger partial charge in [-0.3, -0.25) is 10.2 Å². The summed E-state index contributed by atoms with van der Waals surface area (Å²) in [4.78, 5) is 18.2. The molecule has 1 aliphatic heterocycles. The maximum absolute atomic E-state index is 13.4. The van der Waals surface area contributed by atoms with E-state index in [1.807, 2.05) is 91.0 Å². The van der Waals surface area contributed by atoms with Crippen molar-refractivity contribution in [1.29, 1.82) is 0 Å². The van der Waals surface area contributed by atoms with Gasteiger partial charge in [0, 0.05) is 36.0 Å². The van der Waals surface area contributed by atoms with Gasteiger partial charge in [0.25, 0.3) is 5.91 Å². The first-order chi connectivity index (χ1) is 18.6. The lowest BCUT2D eigenvalue weighted by molar-refractivity contribution is -0.127. The molecule has 3 aromatic carbocycles. The minimum Gasteiger partial charge on any atom is -0.494 e. The molecular weight excluding hydrogens is 546 g/mol. The number of nitrogens with one attached hydrogen (secondary N) is 2. The second-order valence-corrected chi connectivity index (χ2v) is 9.88. The minimum absolute atomic E-state index is 0.0880. The molecule has 0 radical (unpaired) electrons. The number of ether oxygens (including phenoxy) is 2. The molecule has 1 aliphatic rings. The van der Waals surface area contributed by atoms with Gasteiger partial charge in [-0.25, -0.2) is 10.4 Å². The van der Waals surface area contributed by atoms with Crippen molar-refractivity contribution in [2.75, 3.05) is 26.4 Å². The molecule has 38 heavy (non-hydrogen) atoms. The number of hydrogen-bond acceptors (Lipinski definition) is 6. The number of benzene rings is 3. The molecular formula is C30H32BrN3O4. The normalized spacial score (nSPS) is 16.7. The Bertz CT molecular complexity index is 1230. The monoisotopic (exact) mass is 577 g/mol.